The van der Waals surface area contributed by atoms with E-state index in [1.54, 1.807) is 7.11 Å². The van der Waals surface area contributed by atoms with Crippen molar-refractivity contribution >= 4 is 40.3 Å². The normalized spacial score (nSPS) is 21.7. The molecule has 0 radical (unpaired) electrons. The van der Waals surface area contributed by atoms with Gasteiger partial charge in [-0.2, -0.15) is 0 Å². The maximum absolute atomic E-state index is 12.7. The molecule has 1 amide bonds. The number of benzene rings is 1. The second-order valence-corrected chi connectivity index (χ2v) is 7.26. The lowest BCUT2D eigenvalue weighted by atomic mass is 9.94. The Labute approximate surface area is 140 Å². The first-order valence-corrected chi connectivity index (χ1v) is 8.83. The maximum Gasteiger partial charge on any atom is 0.266 e. The molecule has 22 heavy (non-hydrogen) atoms. The molecule has 0 N–H and O–H groups in total. The summed E-state index contributed by atoms with van der Waals surface area (Å²) in [4.78, 5) is 15.3. The number of thioether (sulfide) groups is 1. The number of nitrogens with zero attached hydrogens (tertiary/aromatic N) is 1. The topological polar surface area (TPSA) is 29.5 Å². The van der Waals surface area contributed by atoms with Crippen LogP contribution in [0.1, 0.15) is 37.7 Å². The second kappa shape index (κ2) is 6.84. The van der Waals surface area contributed by atoms with E-state index >= 15 is 0 Å². The van der Waals surface area contributed by atoms with Crippen LogP contribution in [0.15, 0.2) is 29.2 Å². The Kier molecular flexibility index (Phi) is 4.84. The van der Waals surface area contributed by atoms with Crippen LogP contribution in [-0.4, -0.2) is 28.3 Å². The van der Waals surface area contributed by atoms with E-state index in [0.717, 1.165) is 24.2 Å². The van der Waals surface area contributed by atoms with Crippen LogP contribution in [-0.2, 0) is 4.79 Å². The zero-order valence-corrected chi connectivity index (χ0v) is 14.2. The minimum Gasteiger partial charge on any atom is -0.496 e. The van der Waals surface area contributed by atoms with Gasteiger partial charge in [0, 0.05) is 11.6 Å². The van der Waals surface area contributed by atoms with Crippen LogP contribution in [0.25, 0.3) is 6.08 Å². The van der Waals surface area contributed by atoms with Crippen molar-refractivity contribution in [1.82, 2.24) is 4.90 Å². The first-order chi connectivity index (χ1) is 10.7. The Morgan fingerprint density at radius 3 is 2.73 bits per heavy atom. The highest BCUT2D eigenvalue weighted by molar-refractivity contribution is 8.26. The van der Waals surface area contributed by atoms with Gasteiger partial charge in [-0.25, -0.2) is 0 Å². The molecule has 3 rings (SSSR count). The fraction of sp³-hybridized carbons (Fsp3) is 0.412. The first-order valence-electron chi connectivity index (χ1n) is 7.61. The summed E-state index contributed by atoms with van der Waals surface area (Å²) < 4.78 is 6.04. The zero-order valence-electron chi connectivity index (χ0n) is 12.6. The molecule has 2 aliphatic rings. The number of thiocarbonyl (C=S) groups is 1. The average Bonchev–Trinajstić information content (AvgIpc) is 2.83. The molecule has 1 aliphatic heterocycles. The van der Waals surface area contributed by atoms with Crippen molar-refractivity contribution < 1.29 is 9.53 Å². The Balaban J connectivity index is 1.85. The molecule has 2 fully saturated rings. The highest BCUT2D eigenvalue weighted by Crippen LogP contribution is 2.38. The van der Waals surface area contributed by atoms with Gasteiger partial charge < -0.3 is 4.74 Å². The molecule has 1 aliphatic carbocycles. The zero-order chi connectivity index (χ0) is 15.5. The van der Waals surface area contributed by atoms with E-state index in [1.807, 2.05) is 35.2 Å². The van der Waals surface area contributed by atoms with E-state index in [1.165, 1.54) is 31.0 Å². The first kappa shape index (κ1) is 15.6. The summed E-state index contributed by atoms with van der Waals surface area (Å²) >= 11 is 6.85. The predicted molar refractivity (Wildman–Crippen MR) is 94.9 cm³/mol. The number of ether oxygens (including phenoxy) is 1. The van der Waals surface area contributed by atoms with Crippen LogP contribution in [0.2, 0.25) is 0 Å². The molecule has 0 atom stereocenters. The Morgan fingerprint density at radius 2 is 2.00 bits per heavy atom. The lowest BCUT2D eigenvalue weighted by molar-refractivity contribution is -0.124. The molecular formula is C17H19NO2S2. The van der Waals surface area contributed by atoms with Gasteiger partial charge in [0.05, 0.1) is 12.0 Å². The van der Waals surface area contributed by atoms with Gasteiger partial charge in [-0.15, -0.1) is 0 Å². The van der Waals surface area contributed by atoms with Gasteiger partial charge in [0.15, 0.2) is 0 Å². The van der Waals surface area contributed by atoms with Gasteiger partial charge in [0.2, 0.25) is 0 Å². The highest BCUT2D eigenvalue weighted by Gasteiger charge is 2.37. The number of hydrogen-bond donors (Lipinski definition) is 0. The van der Waals surface area contributed by atoms with E-state index in [-0.39, 0.29) is 11.9 Å². The lowest BCUT2D eigenvalue weighted by Crippen LogP contribution is -2.39. The number of amides is 1. The lowest BCUT2D eigenvalue weighted by Gasteiger charge is -2.29. The predicted octanol–water partition coefficient (Wildman–Crippen LogP) is 4.23. The van der Waals surface area contributed by atoms with E-state index < -0.39 is 0 Å². The Hall–Kier alpha value is -1.33. The van der Waals surface area contributed by atoms with Crippen molar-refractivity contribution in [2.24, 2.45) is 0 Å². The summed E-state index contributed by atoms with van der Waals surface area (Å²) in [7, 11) is 1.64. The van der Waals surface area contributed by atoms with Crippen molar-refractivity contribution in [1.29, 1.82) is 0 Å². The number of methoxy groups -OCH3 is 1. The molecule has 1 aromatic rings. The highest BCUT2D eigenvalue weighted by atomic mass is 32.2. The molecule has 0 unspecified atom stereocenters. The molecule has 0 aromatic heterocycles. The molecule has 5 heteroatoms. The fourth-order valence-electron chi connectivity index (χ4n) is 3.06. The number of carbonyl (C=O) groups is 1. The quantitative estimate of drug-likeness (QED) is 0.611. The van der Waals surface area contributed by atoms with Gasteiger partial charge in [-0.1, -0.05) is 61.4 Å². The van der Waals surface area contributed by atoms with Crippen LogP contribution in [0.3, 0.4) is 0 Å². The average molecular weight is 333 g/mol. The van der Waals surface area contributed by atoms with E-state index in [9.17, 15) is 4.79 Å². The van der Waals surface area contributed by atoms with Gasteiger partial charge >= 0.3 is 0 Å². The monoisotopic (exact) mass is 333 g/mol. The molecule has 116 valence electrons. The van der Waals surface area contributed by atoms with Crippen LogP contribution < -0.4 is 4.74 Å². The van der Waals surface area contributed by atoms with Crippen LogP contribution in [0, 0.1) is 0 Å². The smallest absolute Gasteiger partial charge is 0.266 e. The number of para-hydroxylation sites is 1. The largest absolute Gasteiger partial charge is 0.496 e. The van der Waals surface area contributed by atoms with Crippen molar-refractivity contribution in [2.45, 2.75) is 38.1 Å². The Morgan fingerprint density at radius 1 is 1.27 bits per heavy atom. The molecule has 0 spiro atoms. The van der Waals surface area contributed by atoms with Crippen LogP contribution in [0.5, 0.6) is 5.75 Å². The third-order valence-corrected chi connectivity index (χ3v) is 5.52. The molecule has 1 saturated carbocycles. The minimum atomic E-state index is 0.0489. The molecular weight excluding hydrogens is 314 g/mol. The van der Waals surface area contributed by atoms with Crippen LogP contribution >= 0.6 is 24.0 Å². The van der Waals surface area contributed by atoms with E-state index in [2.05, 4.69) is 0 Å². The summed E-state index contributed by atoms with van der Waals surface area (Å²) in [5.74, 6) is 0.818. The molecule has 1 aromatic carbocycles. The van der Waals surface area contributed by atoms with Gasteiger partial charge in [-0.05, 0) is 25.0 Å². The van der Waals surface area contributed by atoms with Crippen LogP contribution in [0.4, 0.5) is 0 Å². The molecule has 0 bridgehead atoms. The maximum atomic E-state index is 12.7. The number of carbonyl (C=O) groups excluding carboxylic acids is 1. The molecule has 1 heterocycles. The SMILES string of the molecule is COc1ccccc1/C=C1/SC(=S)N(C2CCCCC2)C1=O. The minimum absolute atomic E-state index is 0.0489. The van der Waals surface area contributed by atoms with Gasteiger partial charge in [0.25, 0.3) is 5.91 Å². The third kappa shape index (κ3) is 3.06. The number of hydrogen-bond acceptors (Lipinski definition) is 4. The number of rotatable bonds is 3. The summed E-state index contributed by atoms with van der Waals surface area (Å²) in [6, 6.07) is 7.99. The van der Waals surface area contributed by atoms with E-state index in [0.29, 0.717) is 9.23 Å². The molecule has 1 saturated heterocycles. The third-order valence-electron chi connectivity index (χ3n) is 4.19. The molecule has 3 nitrogen and oxygen atoms in total. The summed E-state index contributed by atoms with van der Waals surface area (Å²) in [6.07, 6.45) is 7.66. The van der Waals surface area contributed by atoms with E-state index in [4.69, 9.17) is 17.0 Å². The summed E-state index contributed by atoms with van der Waals surface area (Å²) in [6.45, 7) is 0. The second-order valence-electron chi connectivity index (χ2n) is 5.59. The fourth-order valence-corrected chi connectivity index (χ4v) is 4.45. The van der Waals surface area contributed by atoms with Crippen molar-refractivity contribution in [2.75, 3.05) is 7.11 Å². The van der Waals surface area contributed by atoms with Crippen molar-refractivity contribution in [3.63, 3.8) is 0 Å². The van der Waals surface area contributed by atoms with Gasteiger partial charge in [-0.3, -0.25) is 9.69 Å². The summed E-state index contributed by atoms with van der Waals surface area (Å²) in [5.41, 5.74) is 0.911. The Bertz CT molecular complexity index is 621. The van der Waals surface area contributed by atoms with Crippen molar-refractivity contribution in [3.05, 3.63) is 34.7 Å². The van der Waals surface area contributed by atoms with Crippen molar-refractivity contribution in [3.8, 4) is 5.75 Å². The summed E-state index contributed by atoms with van der Waals surface area (Å²) in [5, 5.41) is 0. The standard InChI is InChI=1S/C17H19NO2S2/c1-20-14-10-6-5-7-12(14)11-15-16(19)18(17(21)22-15)13-8-3-2-4-9-13/h5-7,10-11,13H,2-4,8-9H2,1H3/b15-11+. The van der Waals surface area contributed by atoms with Gasteiger partial charge in [0.1, 0.15) is 10.1 Å².